The number of allylic oxidation sites excluding steroid dienone is 1. The Hall–Kier alpha value is -2.42. The minimum Gasteiger partial charge on any atom is -0.489 e. The van der Waals surface area contributed by atoms with Crippen molar-refractivity contribution in [2.75, 3.05) is 0 Å². The second-order valence-electron chi connectivity index (χ2n) is 4.48. The van der Waals surface area contributed by atoms with Crippen molar-refractivity contribution >= 4 is 5.69 Å². The molecule has 1 aliphatic heterocycles. The largest absolute Gasteiger partial charge is 0.489 e. The number of benzene rings is 2. The molecule has 3 heteroatoms. The highest BCUT2D eigenvalue weighted by Crippen LogP contribution is 2.28. The van der Waals surface area contributed by atoms with Crippen molar-refractivity contribution in [2.45, 2.75) is 13.0 Å². The molecule has 0 N–H and O–H groups in total. The Balaban J connectivity index is 1.75. The van der Waals surface area contributed by atoms with Gasteiger partial charge in [0.2, 0.25) is 6.20 Å². The lowest BCUT2D eigenvalue weighted by Gasteiger charge is -2.09. The smallest absolute Gasteiger partial charge is 0.266 e. The third-order valence-electron chi connectivity index (χ3n) is 3.12. The topological polar surface area (TPSA) is 29.3 Å². The quantitative estimate of drug-likeness (QED) is 0.778. The fourth-order valence-electron chi connectivity index (χ4n) is 2.13. The summed E-state index contributed by atoms with van der Waals surface area (Å²) in [6.07, 6.45) is 4.18. The highest BCUT2D eigenvalue weighted by Gasteiger charge is 2.20. The number of nitroso groups, excluding NO2 is 1. The van der Waals surface area contributed by atoms with Crippen LogP contribution < -0.4 is 4.74 Å². The van der Waals surface area contributed by atoms with Crippen molar-refractivity contribution in [3.63, 3.8) is 0 Å². The Morgan fingerprint density at radius 1 is 1.11 bits per heavy atom. The Morgan fingerprint density at radius 2 is 1.95 bits per heavy atom. The summed E-state index contributed by atoms with van der Waals surface area (Å²) in [6.45, 7) is 0.538. The SMILES string of the molecule is O=[N+]1C=CCc2cc(OCc3ccccc3)ccc21. The minimum atomic E-state index is 0.538. The Kier molecular flexibility index (Phi) is 3.11. The van der Waals surface area contributed by atoms with Gasteiger partial charge in [-0.15, -0.1) is 0 Å². The molecule has 0 atom stereocenters. The van der Waals surface area contributed by atoms with E-state index in [1.54, 1.807) is 6.20 Å². The standard InChI is InChI=1S/C16H14NO2/c18-17-10-4-7-14-11-15(8-9-16(14)17)19-12-13-5-2-1-3-6-13/h1-6,8-11H,7,12H2/q+1. The van der Waals surface area contributed by atoms with Crippen molar-refractivity contribution in [1.29, 1.82) is 0 Å². The molecule has 0 aliphatic carbocycles. The molecule has 2 aromatic carbocycles. The molecule has 0 saturated carbocycles. The molecule has 0 spiro atoms. The van der Waals surface area contributed by atoms with Crippen molar-refractivity contribution in [1.82, 2.24) is 0 Å². The van der Waals surface area contributed by atoms with Gasteiger partial charge in [-0.3, -0.25) is 0 Å². The van der Waals surface area contributed by atoms with Gasteiger partial charge in [-0.2, -0.15) is 0 Å². The second-order valence-corrected chi connectivity index (χ2v) is 4.48. The molecule has 19 heavy (non-hydrogen) atoms. The number of fused-ring (bicyclic) bond motifs is 1. The van der Waals surface area contributed by atoms with Crippen LogP contribution in [0.4, 0.5) is 5.69 Å². The molecule has 94 valence electrons. The maximum absolute atomic E-state index is 11.6. The van der Waals surface area contributed by atoms with Gasteiger partial charge in [0, 0.05) is 23.0 Å². The Morgan fingerprint density at radius 3 is 2.79 bits per heavy atom. The highest BCUT2D eigenvalue weighted by atomic mass is 16.5. The average Bonchev–Trinajstić information content (AvgIpc) is 2.46. The van der Waals surface area contributed by atoms with Crippen molar-refractivity contribution in [2.24, 2.45) is 0 Å². The molecule has 0 radical (unpaired) electrons. The summed E-state index contributed by atoms with van der Waals surface area (Å²) in [5.74, 6) is 0.798. The first-order valence-electron chi connectivity index (χ1n) is 6.25. The molecule has 0 aromatic heterocycles. The van der Waals surface area contributed by atoms with E-state index in [1.165, 1.54) is 0 Å². The molecule has 0 unspecified atom stereocenters. The first-order chi connectivity index (χ1) is 9.33. The van der Waals surface area contributed by atoms with Crippen LogP contribution in [0.1, 0.15) is 11.1 Å². The minimum absolute atomic E-state index is 0.538. The predicted octanol–water partition coefficient (Wildman–Crippen LogP) is 3.75. The normalized spacial score (nSPS) is 13.2. The average molecular weight is 252 g/mol. The molecule has 0 bridgehead atoms. The molecule has 0 fully saturated rings. The van der Waals surface area contributed by atoms with Crippen LogP contribution in [0.15, 0.2) is 60.8 Å². The lowest BCUT2D eigenvalue weighted by molar-refractivity contribution is -0.387. The van der Waals surface area contributed by atoms with Gasteiger partial charge in [-0.1, -0.05) is 30.3 Å². The van der Waals surface area contributed by atoms with Gasteiger partial charge in [0.25, 0.3) is 5.69 Å². The van der Waals surface area contributed by atoms with Gasteiger partial charge in [0.1, 0.15) is 12.4 Å². The number of nitrogens with zero attached hydrogens (tertiary/aromatic N) is 1. The van der Waals surface area contributed by atoms with E-state index in [-0.39, 0.29) is 0 Å². The fraction of sp³-hybridized carbons (Fsp3) is 0.125. The van der Waals surface area contributed by atoms with Gasteiger partial charge in [0.05, 0.1) is 4.76 Å². The van der Waals surface area contributed by atoms with Crippen LogP contribution in [-0.4, -0.2) is 4.76 Å². The zero-order chi connectivity index (χ0) is 13.1. The Bertz CT molecular complexity index is 632. The van der Waals surface area contributed by atoms with Crippen molar-refractivity contribution < 1.29 is 9.50 Å². The molecular weight excluding hydrogens is 238 g/mol. The molecule has 0 amide bonds. The van der Waals surface area contributed by atoms with Gasteiger partial charge in [-0.05, 0) is 23.8 Å². The first kappa shape index (κ1) is 11.7. The third kappa shape index (κ3) is 2.55. The Labute approximate surface area is 111 Å². The van der Waals surface area contributed by atoms with Crippen LogP contribution in [0.3, 0.4) is 0 Å². The van der Waals surface area contributed by atoms with E-state index in [0.717, 1.165) is 28.1 Å². The molecule has 3 nitrogen and oxygen atoms in total. The molecule has 1 heterocycles. The summed E-state index contributed by atoms with van der Waals surface area (Å²) in [7, 11) is 0. The van der Waals surface area contributed by atoms with Gasteiger partial charge in [-0.25, -0.2) is 0 Å². The summed E-state index contributed by atoms with van der Waals surface area (Å²) < 4.78 is 6.64. The van der Waals surface area contributed by atoms with E-state index < -0.39 is 0 Å². The van der Waals surface area contributed by atoms with Crippen LogP contribution in [0.25, 0.3) is 0 Å². The maximum atomic E-state index is 11.6. The van der Waals surface area contributed by atoms with Crippen LogP contribution in [0.2, 0.25) is 0 Å². The second kappa shape index (κ2) is 5.06. The summed E-state index contributed by atoms with van der Waals surface area (Å²) >= 11 is 0. The van der Waals surface area contributed by atoms with E-state index in [2.05, 4.69) is 0 Å². The number of hydrogen-bond acceptors (Lipinski definition) is 2. The lowest BCUT2D eigenvalue weighted by Crippen LogP contribution is -2.02. The molecular formula is C16H14NO2+. The fourth-order valence-corrected chi connectivity index (χ4v) is 2.13. The van der Waals surface area contributed by atoms with Gasteiger partial charge < -0.3 is 4.74 Å². The zero-order valence-corrected chi connectivity index (χ0v) is 10.5. The van der Waals surface area contributed by atoms with E-state index in [0.29, 0.717) is 12.3 Å². The van der Waals surface area contributed by atoms with Gasteiger partial charge >= 0.3 is 0 Å². The molecule has 0 saturated heterocycles. The molecule has 1 aliphatic rings. The zero-order valence-electron chi connectivity index (χ0n) is 10.5. The van der Waals surface area contributed by atoms with Crippen LogP contribution >= 0.6 is 0 Å². The van der Waals surface area contributed by atoms with Crippen LogP contribution in [-0.2, 0) is 13.0 Å². The summed E-state index contributed by atoms with van der Waals surface area (Å²) in [5.41, 5.74) is 2.84. The number of ether oxygens (including phenoxy) is 1. The molecule has 2 aromatic rings. The van der Waals surface area contributed by atoms with Crippen LogP contribution in [0.5, 0.6) is 5.75 Å². The van der Waals surface area contributed by atoms with Crippen molar-refractivity contribution in [3.05, 3.63) is 76.8 Å². The lowest BCUT2D eigenvalue weighted by atomic mass is 10.1. The van der Waals surface area contributed by atoms with Crippen molar-refractivity contribution in [3.8, 4) is 5.75 Å². The number of hydrogen-bond donors (Lipinski definition) is 0. The maximum Gasteiger partial charge on any atom is 0.266 e. The third-order valence-corrected chi connectivity index (χ3v) is 3.12. The highest BCUT2D eigenvalue weighted by molar-refractivity contribution is 5.47. The van der Waals surface area contributed by atoms with E-state index in [1.807, 2.05) is 54.6 Å². The summed E-state index contributed by atoms with van der Waals surface area (Å²) in [5, 5.41) is 0. The first-order valence-corrected chi connectivity index (χ1v) is 6.25. The van der Waals surface area contributed by atoms with E-state index in [4.69, 9.17) is 4.74 Å². The number of rotatable bonds is 3. The monoisotopic (exact) mass is 252 g/mol. The van der Waals surface area contributed by atoms with Crippen LogP contribution in [0, 0.1) is 4.91 Å². The van der Waals surface area contributed by atoms with Gasteiger partial charge in [0.15, 0.2) is 0 Å². The van der Waals surface area contributed by atoms with E-state index in [9.17, 15) is 4.91 Å². The summed E-state index contributed by atoms with van der Waals surface area (Å²) in [4.78, 5) is 11.6. The predicted molar refractivity (Wildman–Crippen MR) is 73.3 cm³/mol. The summed E-state index contributed by atoms with van der Waals surface area (Å²) in [6, 6.07) is 15.6. The molecule has 3 rings (SSSR count). The van der Waals surface area contributed by atoms with E-state index >= 15 is 0 Å².